The summed E-state index contributed by atoms with van der Waals surface area (Å²) in [5.74, 6) is -1.72. The highest BCUT2D eigenvalue weighted by molar-refractivity contribution is 5.83. The van der Waals surface area contributed by atoms with E-state index in [1.54, 1.807) is 30.3 Å². The van der Waals surface area contributed by atoms with Gasteiger partial charge in [0.2, 0.25) is 0 Å². The van der Waals surface area contributed by atoms with Crippen molar-refractivity contribution in [2.75, 3.05) is 6.61 Å². The third kappa shape index (κ3) is 3.39. The summed E-state index contributed by atoms with van der Waals surface area (Å²) in [6.07, 6.45) is -6.11. The lowest BCUT2D eigenvalue weighted by Gasteiger charge is -2.28. The number of halogens is 3. The van der Waals surface area contributed by atoms with Crippen LogP contribution in [0.3, 0.4) is 0 Å². The molecule has 0 amide bonds. The fourth-order valence-corrected chi connectivity index (χ4v) is 1.62. The number of hydrogen-bond acceptors (Lipinski definition) is 3. The van der Waals surface area contributed by atoms with E-state index in [0.717, 1.165) is 0 Å². The molecule has 0 saturated heterocycles. The molecule has 20 heavy (non-hydrogen) atoms. The first-order chi connectivity index (χ1) is 9.22. The molecule has 1 unspecified atom stereocenters. The molecule has 0 radical (unpaired) electrons. The van der Waals surface area contributed by atoms with Crippen molar-refractivity contribution >= 4 is 11.5 Å². The number of carbonyl (C=O) groups excluding carboxylic acids is 1. The molecule has 1 rings (SSSR count). The van der Waals surface area contributed by atoms with Gasteiger partial charge < -0.3 is 9.84 Å². The van der Waals surface area contributed by atoms with Crippen LogP contribution in [-0.2, 0) is 9.53 Å². The molecule has 0 aliphatic carbocycles. The smallest absolute Gasteiger partial charge is 0.428 e. The summed E-state index contributed by atoms with van der Waals surface area (Å²) in [5.41, 5.74) is -3.17. The molecule has 0 aliphatic rings. The summed E-state index contributed by atoms with van der Waals surface area (Å²) < 4.78 is 43.2. The highest BCUT2D eigenvalue weighted by atomic mass is 19.4. The van der Waals surface area contributed by atoms with Crippen LogP contribution in [-0.4, -0.2) is 29.5 Å². The van der Waals surface area contributed by atoms with E-state index in [2.05, 4.69) is 11.3 Å². The minimum absolute atomic E-state index is 0.00141. The zero-order valence-electron chi connectivity index (χ0n) is 10.9. The van der Waals surface area contributed by atoms with Crippen LogP contribution in [0.4, 0.5) is 13.2 Å². The fraction of sp³-hybridized carbons (Fsp3) is 0.357. The average Bonchev–Trinajstić information content (AvgIpc) is 2.38. The van der Waals surface area contributed by atoms with E-state index in [4.69, 9.17) is 0 Å². The molecule has 1 aromatic carbocycles. The van der Waals surface area contributed by atoms with Gasteiger partial charge in [0.15, 0.2) is 0 Å². The maximum absolute atomic E-state index is 13.0. The molecule has 0 aliphatic heterocycles. The van der Waals surface area contributed by atoms with Crippen molar-refractivity contribution < 1.29 is 27.8 Å². The van der Waals surface area contributed by atoms with E-state index in [9.17, 15) is 23.1 Å². The van der Waals surface area contributed by atoms with E-state index in [0.29, 0.717) is 5.56 Å². The molecule has 0 bridgehead atoms. The minimum Gasteiger partial charge on any atom is -0.464 e. The van der Waals surface area contributed by atoms with Gasteiger partial charge in [-0.15, -0.1) is 0 Å². The molecule has 0 saturated carbocycles. The Kier molecular flexibility index (Phi) is 4.94. The molecule has 0 heterocycles. The maximum atomic E-state index is 13.0. The summed E-state index contributed by atoms with van der Waals surface area (Å²) in [7, 11) is 0. The lowest BCUT2D eigenvalue weighted by atomic mass is 9.91. The Hall–Kier alpha value is -1.82. The number of esters is 1. The van der Waals surface area contributed by atoms with Crippen LogP contribution >= 0.6 is 0 Å². The van der Waals surface area contributed by atoms with Crippen LogP contribution < -0.4 is 0 Å². The van der Waals surface area contributed by atoms with Crippen LogP contribution in [0.2, 0.25) is 0 Å². The Morgan fingerprint density at radius 2 is 1.85 bits per heavy atom. The lowest BCUT2D eigenvalue weighted by Crippen LogP contribution is -2.53. The Labute approximate surface area is 114 Å². The molecule has 6 heteroatoms. The van der Waals surface area contributed by atoms with Gasteiger partial charge >= 0.3 is 12.1 Å². The third-order valence-corrected chi connectivity index (χ3v) is 2.73. The quantitative estimate of drug-likeness (QED) is 0.847. The van der Waals surface area contributed by atoms with Crippen LogP contribution in [0, 0.1) is 0 Å². The maximum Gasteiger partial charge on any atom is 0.428 e. The third-order valence-electron chi connectivity index (χ3n) is 2.73. The predicted molar refractivity (Wildman–Crippen MR) is 67.7 cm³/mol. The molecule has 0 fully saturated rings. The number of hydrogen-bond donors (Lipinski definition) is 1. The molecule has 1 N–H and O–H groups in total. The SMILES string of the molecule is C=C(CC(O)(C(=O)OCC)C(F)(F)F)c1ccccc1. The van der Waals surface area contributed by atoms with Crippen LogP contribution in [0.5, 0.6) is 0 Å². The Morgan fingerprint density at radius 1 is 1.30 bits per heavy atom. The van der Waals surface area contributed by atoms with E-state index in [1.165, 1.54) is 6.92 Å². The summed E-state index contributed by atoms with van der Waals surface area (Å²) in [6, 6.07) is 8.03. The van der Waals surface area contributed by atoms with Crippen molar-refractivity contribution in [1.29, 1.82) is 0 Å². The second-order valence-electron chi connectivity index (χ2n) is 4.22. The van der Waals surface area contributed by atoms with Crippen molar-refractivity contribution in [3.8, 4) is 0 Å². The number of alkyl halides is 3. The van der Waals surface area contributed by atoms with Gasteiger partial charge in [-0.05, 0) is 18.1 Å². The summed E-state index contributed by atoms with van der Waals surface area (Å²) in [4.78, 5) is 11.4. The van der Waals surface area contributed by atoms with E-state index >= 15 is 0 Å². The number of rotatable bonds is 5. The van der Waals surface area contributed by atoms with Gasteiger partial charge in [0.25, 0.3) is 5.60 Å². The number of carbonyl (C=O) groups is 1. The molecule has 110 valence electrons. The molecule has 0 spiro atoms. The molecule has 1 aromatic rings. The summed E-state index contributed by atoms with van der Waals surface area (Å²) in [6.45, 7) is 4.61. The zero-order valence-corrected chi connectivity index (χ0v) is 10.9. The largest absolute Gasteiger partial charge is 0.464 e. The van der Waals surface area contributed by atoms with Crippen molar-refractivity contribution in [3.63, 3.8) is 0 Å². The first kappa shape index (κ1) is 16.2. The number of aliphatic hydroxyl groups is 1. The predicted octanol–water partition coefficient (Wildman–Crippen LogP) is 2.95. The molecule has 3 nitrogen and oxygen atoms in total. The summed E-state index contributed by atoms with van der Waals surface area (Å²) in [5, 5.41) is 9.72. The van der Waals surface area contributed by atoms with Crippen LogP contribution in [0.15, 0.2) is 36.9 Å². The highest BCUT2D eigenvalue weighted by Crippen LogP contribution is 2.38. The van der Waals surface area contributed by atoms with Crippen molar-refractivity contribution in [2.45, 2.75) is 25.1 Å². The first-order valence-electron chi connectivity index (χ1n) is 5.92. The normalized spacial score (nSPS) is 14.4. The molecule has 1 atom stereocenters. The van der Waals surface area contributed by atoms with Gasteiger partial charge in [0.1, 0.15) is 0 Å². The second kappa shape index (κ2) is 6.09. The first-order valence-corrected chi connectivity index (χ1v) is 5.92. The van der Waals surface area contributed by atoms with Crippen molar-refractivity contribution in [1.82, 2.24) is 0 Å². The van der Waals surface area contributed by atoms with Gasteiger partial charge in [-0.3, -0.25) is 0 Å². The average molecular weight is 288 g/mol. The fourth-order valence-electron chi connectivity index (χ4n) is 1.62. The topological polar surface area (TPSA) is 46.5 Å². The van der Waals surface area contributed by atoms with E-state index < -0.39 is 24.2 Å². The van der Waals surface area contributed by atoms with Gasteiger partial charge in [0, 0.05) is 6.42 Å². The molecule has 0 aromatic heterocycles. The van der Waals surface area contributed by atoms with Crippen molar-refractivity contribution in [3.05, 3.63) is 42.5 Å². The van der Waals surface area contributed by atoms with E-state index in [1.807, 2.05) is 0 Å². The van der Waals surface area contributed by atoms with Gasteiger partial charge in [-0.1, -0.05) is 36.9 Å². The van der Waals surface area contributed by atoms with Gasteiger partial charge in [-0.25, -0.2) is 4.79 Å². The van der Waals surface area contributed by atoms with Crippen LogP contribution in [0.25, 0.3) is 5.57 Å². The minimum atomic E-state index is -5.14. The second-order valence-corrected chi connectivity index (χ2v) is 4.22. The summed E-state index contributed by atoms with van der Waals surface area (Å²) >= 11 is 0. The van der Waals surface area contributed by atoms with Gasteiger partial charge in [-0.2, -0.15) is 13.2 Å². The zero-order chi connectivity index (χ0) is 15.4. The number of benzene rings is 1. The molecular weight excluding hydrogens is 273 g/mol. The Balaban J connectivity index is 3.03. The lowest BCUT2D eigenvalue weighted by molar-refractivity contribution is -0.260. The molecular formula is C14H15F3O3. The Bertz CT molecular complexity index is 482. The van der Waals surface area contributed by atoms with E-state index in [-0.39, 0.29) is 12.2 Å². The van der Waals surface area contributed by atoms with Crippen molar-refractivity contribution in [2.24, 2.45) is 0 Å². The van der Waals surface area contributed by atoms with Crippen LogP contribution in [0.1, 0.15) is 18.9 Å². The Morgan fingerprint density at radius 3 is 2.30 bits per heavy atom. The highest BCUT2D eigenvalue weighted by Gasteiger charge is 2.60. The standard InChI is InChI=1S/C14H15F3O3/c1-3-20-12(18)13(19,14(15,16)17)9-10(2)11-7-5-4-6-8-11/h4-8,19H,2-3,9H2,1H3. The number of ether oxygens (including phenoxy) is 1. The van der Waals surface area contributed by atoms with Gasteiger partial charge in [0.05, 0.1) is 6.61 Å². The monoisotopic (exact) mass is 288 g/mol.